The van der Waals surface area contributed by atoms with Gasteiger partial charge in [0.15, 0.2) is 17.3 Å². The Bertz CT molecular complexity index is 1070. The van der Waals surface area contributed by atoms with Crippen molar-refractivity contribution in [2.75, 3.05) is 18.0 Å². The zero-order valence-corrected chi connectivity index (χ0v) is 17.1. The van der Waals surface area contributed by atoms with Crippen LogP contribution in [0.5, 0.6) is 17.4 Å². The van der Waals surface area contributed by atoms with E-state index in [1.165, 1.54) is 19.1 Å². The Balaban J connectivity index is 1.47. The van der Waals surface area contributed by atoms with Gasteiger partial charge in [0.2, 0.25) is 5.88 Å². The molecule has 0 bridgehead atoms. The maximum atomic E-state index is 14.3. The minimum absolute atomic E-state index is 0.00579. The molecule has 1 fully saturated rings. The average molecular weight is 422 g/mol. The molecule has 0 radical (unpaired) electrons. The quantitative estimate of drug-likeness (QED) is 0.571. The van der Waals surface area contributed by atoms with Crippen molar-refractivity contribution in [1.29, 1.82) is 0 Å². The smallest absolute Gasteiger partial charge is 0.213 e. The van der Waals surface area contributed by atoms with Crippen LogP contribution in [0.25, 0.3) is 0 Å². The third kappa shape index (κ3) is 4.83. The Morgan fingerprint density at radius 2 is 2.10 bits per heavy atom. The predicted octanol–water partition coefficient (Wildman–Crippen LogP) is 4.37. The largest absolute Gasteiger partial charge is 0.472 e. The number of ether oxygens (including phenoxy) is 2. The van der Waals surface area contributed by atoms with Crippen molar-refractivity contribution in [2.45, 2.75) is 26.1 Å². The maximum absolute atomic E-state index is 14.3. The van der Waals surface area contributed by atoms with Crippen molar-refractivity contribution in [1.82, 2.24) is 4.98 Å². The zero-order chi connectivity index (χ0) is 21.8. The number of benzene rings is 2. The number of carbonyl (C=O) groups excluding carboxylic acids is 1. The number of hydrogen-bond donors (Lipinski definition) is 1. The van der Waals surface area contributed by atoms with Crippen LogP contribution in [0.4, 0.5) is 10.1 Å². The number of nitrogens with zero attached hydrogens (tertiary/aromatic N) is 2. The number of carbonyl (C=O) groups is 1. The molecular weight excluding hydrogens is 399 g/mol. The van der Waals surface area contributed by atoms with Gasteiger partial charge in [-0.2, -0.15) is 0 Å². The van der Waals surface area contributed by atoms with Crippen molar-refractivity contribution in [2.24, 2.45) is 0 Å². The van der Waals surface area contributed by atoms with E-state index in [-0.39, 0.29) is 29.8 Å². The third-order valence-corrected chi connectivity index (χ3v) is 5.20. The predicted molar refractivity (Wildman–Crippen MR) is 114 cm³/mol. The van der Waals surface area contributed by atoms with E-state index in [2.05, 4.69) is 9.88 Å². The molecule has 2 heterocycles. The molecule has 0 saturated carbocycles. The summed E-state index contributed by atoms with van der Waals surface area (Å²) in [6.07, 6.45) is 2.54. The van der Waals surface area contributed by atoms with Crippen LogP contribution in [0.15, 0.2) is 60.8 Å². The van der Waals surface area contributed by atoms with Crippen LogP contribution >= 0.6 is 0 Å². The second kappa shape index (κ2) is 9.14. The normalized spacial score (nSPS) is 15.7. The number of ketones is 1. The van der Waals surface area contributed by atoms with Gasteiger partial charge in [-0.3, -0.25) is 4.79 Å². The Morgan fingerprint density at radius 3 is 2.81 bits per heavy atom. The summed E-state index contributed by atoms with van der Waals surface area (Å²) in [6, 6.07) is 14.9. The van der Waals surface area contributed by atoms with Crippen LogP contribution in [0.3, 0.4) is 0 Å². The number of aromatic nitrogens is 1. The van der Waals surface area contributed by atoms with Gasteiger partial charge in [0, 0.05) is 42.0 Å². The van der Waals surface area contributed by atoms with Gasteiger partial charge < -0.3 is 19.5 Å². The van der Waals surface area contributed by atoms with E-state index in [4.69, 9.17) is 9.47 Å². The molecule has 0 amide bonds. The first-order chi connectivity index (χ1) is 15.0. The topological polar surface area (TPSA) is 71.9 Å². The van der Waals surface area contributed by atoms with Crippen LogP contribution in [0.1, 0.15) is 29.3 Å². The summed E-state index contributed by atoms with van der Waals surface area (Å²) in [4.78, 5) is 17.7. The highest BCUT2D eigenvalue weighted by atomic mass is 19.1. The van der Waals surface area contributed by atoms with Gasteiger partial charge in [-0.15, -0.1) is 0 Å². The second-order valence-corrected chi connectivity index (χ2v) is 7.39. The summed E-state index contributed by atoms with van der Waals surface area (Å²) in [5.74, 6) is 0.192. The van der Waals surface area contributed by atoms with Gasteiger partial charge in [0.25, 0.3) is 0 Å². The molecule has 1 aliphatic heterocycles. The van der Waals surface area contributed by atoms with Gasteiger partial charge in [-0.25, -0.2) is 9.37 Å². The fourth-order valence-electron chi connectivity index (χ4n) is 3.62. The minimum atomic E-state index is -0.614. The molecule has 0 spiro atoms. The van der Waals surface area contributed by atoms with Gasteiger partial charge in [-0.1, -0.05) is 6.07 Å². The average Bonchev–Trinajstić information content (AvgIpc) is 3.23. The van der Waals surface area contributed by atoms with Crippen LogP contribution in [-0.2, 0) is 6.61 Å². The van der Waals surface area contributed by atoms with Crippen LogP contribution in [-0.4, -0.2) is 35.1 Å². The van der Waals surface area contributed by atoms with Gasteiger partial charge in [0.05, 0.1) is 13.2 Å². The lowest BCUT2D eigenvalue weighted by Gasteiger charge is -2.22. The summed E-state index contributed by atoms with van der Waals surface area (Å²) < 4.78 is 25.9. The molecule has 31 heavy (non-hydrogen) atoms. The molecule has 2 aromatic carbocycles. The SMILES string of the molecule is CC(=O)c1ccc(Oc2ccc(N3CCC(Oc4ccccn4)C3)c(CO)c2)c(F)c1. The van der Waals surface area contributed by atoms with Gasteiger partial charge >= 0.3 is 0 Å². The summed E-state index contributed by atoms with van der Waals surface area (Å²) in [6.45, 7) is 2.66. The fraction of sp³-hybridized carbons (Fsp3) is 0.250. The molecular formula is C24H23FN2O4. The van der Waals surface area contributed by atoms with Gasteiger partial charge in [-0.05, 0) is 49.4 Å². The summed E-state index contributed by atoms with van der Waals surface area (Å²) in [5, 5.41) is 9.89. The second-order valence-electron chi connectivity index (χ2n) is 7.39. The molecule has 0 aliphatic carbocycles. The number of hydrogen-bond acceptors (Lipinski definition) is 6. The Kier molecular flexibility index (Phi) is 6.13. The number of anilines is 1. The highest BCUT2D eigenvalue weighted by Gasteiger charge is 2.26. The molecule has 1 N–H and O–H groups in total. The molecule has 1 aromatic heterocycles. The van der Waals surface area contributed by atoms with E-state index in [0.29, 0.717) is 23.7 Å². The van der Waals surface area contributed by atoms with Crippen molar-refractivity contribution >= 4 is 11.5 Å². The molecule has 4 rings (SSSR count). The van der Waals surface area contributed by atoms with E-state index in [0.717, 1.165) is 24.7 Å². The van der Waals surface area contributed by atoms with Crippen LogP contribution < -0.4 is 14.4 Å². The van der Waals surface area contributed by atoms with Crippen molar-refractivity contribution in [3.8, 4) is 17.4 Å². The van der Waals surface area contributed by atoms with Crippen LogP contribution in [0, 0.1) is 5.82 Å². The molecule has 1 aliphatic rings. The summed E-state index contributed by atoms with van der Waals surface area (Å²) >= 11 is 0. The summed E-state index contributed by atoms with van der Waals surface area (Å²) in [7, 11) is 0. The molecule has 1 atom stereocenters. The van der Waals surface area contributed by atoms with E-state index < -0.39 is 5.82 Å². The maximum Gasteiger partial charge on any atom is 0.213 e. The molecule has 1 unspecified atom stereocenters. The summed E-state index contributed by atoms with van der Waals surface area (Å²) in [5.41, 5.74) is 1.85. The first-order valence-electron chi connectivity index (χ1n) is 10.1. The van der Waals surface area contributed by atoms with E-state index in [1.807, 2.05) is 24.3 Å². The Hall–Kier alpha value is -3.45. The lowest BCUT2D eigenvalue weighted by atomic mass is 10.1. The first kappa shape index (κ1) is 20.8. The first-order valence-corrected chi connectivity index (χ1v) is 10.1. The highest BCUT2D eigenvalue weighted by Crippen LogP contribution is 2.32. The van der Waals surface area contributed by atoms with Gasteiger partial charge in [0.1, 0.15) is 11.9 Å². The molecule has 160 valence electrons. The lowest BCUT2D eigenvalue weighted by molar-refractivity contribution is 0.101. The highest BCUT2D eigenvalue weighted by molar-refractivity contribution is 5.94. The van der Waals surface area contributed by atoms with E-state index in [1.54, 1.807) is 18.3 Å². The van der Waals surface area contributed by atoms with Crippen molar-refractivity contribution in [3.05, 3.63) is 77.7 Å². The van der Waals surface area contributed by atoms with E-state index in [9.17, 15) is 14.3 Å². The molecule has 7 heteroatoms. The monoisotopic (exact) mass is 422 g/mol. The standard InChI is InChI=1S/C24H23FN2O4/c1-16(29)17-5-8-23(21(25)13-17)30-19-6-7-22(18(12-19)15-28)27-11-9-20(14-27)31-24-4-2-3-10-26-24/h2-8,10,12-13,20,28H,9,11,14-15H2,1H3. The molecule has 1 saturated heterocycles. The number of halogens is 1. The third-order valence-electron chi connectivity index (χ3n) is 5.20. The number of aliphatic hydroxyl groups is 1. The Morgan fingerprint density at radius 1 is 1.23 bits per heavy atom. The van der Waals surface area contributed by atoms with E-state index >= 15 is 0 Å². The van der Waals surface area contributed by atoms with Crippen molar-refractivity contribution in [3.63, 3.8) is 0 Å². The number of Topliss-reactive ketones (excluding diaryl/α,β-unsaturated/α-hetero) is 1. The number of aliphatic hydroxyl groups excluding tert-OH is 1. The number of pyridine rings is 1. The number of rotatable bonds is 7. The lowest BCUT2D eigenvalue weighted by Crippen LogP contribution is -2.25. The van der Waals surface area contributed by atoms with Crippen molar-refractivity contribution < 1.29 is 23.8 Å². The Labute approximate surface area is 179 Å². The van der Waals surface area contributed by atoms with Crippen LogP contribution in [0.2, 0.25) is 0 Å². The minimum Gasteiger partial charge on any atom is -0.472 e. The molecule has 3 aromatic rings. The zero-order valence-electron chi connectivity index (χ0n) is 17.1. The molecule has 6 nitrogen and oxygen atoms in total. The fourth-order valence-corrected chi connectivity index (χ4v) is 3.62.